The van der Waals surface area contributed by atoms with E-state index in [0.29, 0.717) is 11.6 Å². The van der Waals surface area contributed by atoms with Crippen LogP contribution in [0.3, 0.4) is 0 Å². The molecule has 2 unspecified atom stereocenters. The van der Waals surface area contributed by atoms with E-state index in [2.05, 4.69) is 30.4 Å². The second-order valence-electron chi connectivity index (χ2n) is 5.27. The van der Waals surface area contributed by atoms with Crippen LogP contribution in [0.15, 0.2) is 18.2 Å². The van der Waals surface area contributed by atoms with Crippen LogP contribution in [0.5, 0.6) is 0 Å². The molecule has 0 aromatic heterocycles. The molecule has 0 heterocycles. The van der Waals surface area contributed by atoms with E-state index in [1.165, 1.54) is 0 Å². The van der Waals surface area contributed by atoms with Gasteiger partial charge < -0.3 is 10.2 Å². The van der Waals surface area contributed by atoms with Crippen molar-refractivity contribution in [2.45, 2.75) is 31.8 Å². The summed E-state index contributed by atoms with van der Waals surface area (Å²) in [5, 5.41) is 3.09. The first-order chi connectivity index (χ1) is 10.0. The zero-order chi connectivity index (χ0) is 15.8. The third-order valence-electron chi connectivity index (χ3n) is 3.93. The van der Waals surface area contributed by atoms with Crippen molar-refractivity contribution in [3.05, 3.63) is 35.4 Å². The normalized spacial score (nSPS) is 14.4. The minimum absolute atomic E-state index is 0.171. The maximum absolute atomic E-state index is 13.9. The Balaban J connectivity index is 2.68. The molecule has 0 bridgehead atoms. The summed E-state index contributed by atoms with van der Waals surface area (Å²) in [5.41, 5.74) is 0.406. The van der Waals surface area contributed by atoms with Gasteiger partial charge in [-0.15, -0.1) is 0 Å². The quantitative estimate of drug-likeness (QED) is 0.748. The summed E-state index contributed by atoms with van der Waals surface area (Å²) in [6.45, 7) is 3.03. The first kappa shape index (κ1) is 18.4. The zero-order valence-corrected chi connectivity index (χ0v) is 14.1. The summed E-state index contributed by atoms with van der Waals surface area (Å²) >= 11 is 1.84. The standard InChI is InChI=1S/C16H26F2N2S/c1-5-12(11-21-4)20(3)10-9-15(19-2)13-7-6-8-14(17)16(13)18/h6-8,12,15,19H,5,9-11H2,1-4H3. The molecule has 1 N–H and O–H groups in total. The second kappa shape index (κ2) is 9.38. The van der Waals surface area contributed by atoms with E-state index in [1.54, 1.807) is 19.2 Å². The van der Waals surface area contributed by atoms with Crippen LogP contribution in [-0.2, 0) is 0 Å². The fourth-order valence-electron chi connectivity index (χ4n) is 2.51. The first-order valence-electron chi connectivity index (χ1n) is 7.35. The van der Waals surface area contributed by atoms with E-state index in [4.69, 9.17) is 0 Å². The van der Waals surface area contributed by atoms with Crippen LogP contribution < -0.4 is 5.32 Å². The molecule has 2 atom stereocenters. The highest BCUT2D eigenvalue weighted by atomic mass is 32.2. The number of nitrogens with zero attached hydrogens (tertiary/aromatic N) is 1. The predicted molar refractivity (Wildman–Crippen MR) is 87.9 cm³/mol. The number of benzene rings is 1. The second-order valence-corrected chi connectivity index (χ2v) is 6.18. The summed E-state index contributed by atoms with van der Waals surface area (Å²) in [5.74, 6) is -0.434. The van der Waals surface area contributed by atoms with E-state index >= 15 is 0 Å². The summed E-state index contributed by atoms with van der Waals surface area (Å²) in [7, 11) is 3.88. The minimum Gasteiger partial charge on any atom is -0.313 e. The highest BCUT2D eigenvalue weighted by Crippen LogP contribution is 2.22. The van der Waals surface area contributed by atoms with Crippen molar-refractivity contribution in [1.82, 2.24) is 10.2 Å². The van der Waals surface area contributed by atoms with Gasteiger partial charge in [-0.05, 0) is 45.8 Å². The predicted octanol–water partition coefficient (Wildman–Crippen LogP) is 3.69. The molecule has 120 valence electrons. The molecule has 21 heavy (non-hydrogen) atoms. The van der Waals surface area contributed by atoms with Gasteiger partial charge in [0.15, 0.2) is 11.6 Å². The molecule has 0 amide bonds. The fraction of sp³-hybridized carbons (Fsp3) is 0.625. The molecule has 2 nitrogen and oxygen atoms in total. The molecular formula is C16H26F2N2S. The topological polar surface area (TPSA) is 15.3 Å². The Hall–Kier alpha value is -0.650. The van der Waals surface area contributed by atoms with Crippen LogP contribution in [-0.4, -0.2) is 43.6 Å². The van der Waals surface area contributed by atoms with Crippen molar-refractivity contribution in [3.8, 4) is 0 Å². The molecule has 0 saturated heterocycles. The van der Waals surface area contributed by atoms with E-state index in [1.807, 2.05) is 11.8 Å². The van der Waals surface area contributed by atoms with Crippen molar-refractivity contribution < 1.29 is 8.78 Å². The van der Waals surface area contributed by atoms with Crippen molar-refractivity contribution >= 4 is 11.8 Å². The van der Waals surface area contributed by atoms with Gasteiger partial charge in [0, 0.05) is 23.4 Å². The van der Waals surface area contributed by atoms with Gasteiger partial charge in [-0.25, -0.2) is 8.78 Å². The van der Waals surface area contributed by atoms with Gasteiger partial charge in [0.25, 0.3) is 0 Å². The largest absolute Gasteiger partial charge is 0.313 e. The van der Waals surface area contributed by atoms with Crippen LogP contribution in [0.25, 0.3) is 0 Å². The zero-order valence-electron chi connectivity index (χ0n) is 13.3. The SMILES string of the molecule is CCC(CSC)N(C)CCC(NC)c1cccc(F)c1F. The molecule has 0 spiro atoms. The summed E-state index contributed by atoms with van der Waals surface area (Å²) in [4.78, 5) is 2.30. The average Bonchev–Trinajstić information content (AvgIpc) is 2.49. The Labute approximate surface area is 131 Å². The van der Waals surface area contributed by atoms with Crippen LogP contribution in [0.1, 0.15) is 31.4 Å². The average molecular weight is 316 g/mol. The smallest absolute Gasteiger partial charge is 0.163 e. The van der Waals surface area contributed by atoms with Crippen LogP contribution in [0, 0.1) is 11.6 Å². The molecule has 0 radical (unpaired) electrons. The molecule has 0 saturated carbocycles. The third kappa shape index (κ3) is 5.24. The Bertz CT molecular complexity index is 429. The van der Waals surface area contributed by atoms with Gasteiger partial charge >= 0.3 is 0 Å². The lowest BCUT2D eigenvalue weighted by molar-refractivity contribution is 0.241. The van der Waals surface area contributed by atoms with Crippen LogP contribution >= 0.6 is 11.8 Å². The maximum atomic E-state index is 13.9. The summed E-state index contributed by atoms with van der Waals surface area (Å²) < 4.78 is 27.2. The van der Waals surface area contributed by atoms with E-state index in [-0.39, 0.29) is 6.04 Å². The van der Waals surface area contributed by atoms with Gasteiger partial charge in [0.1, 0.15) is 0 Å². The molecule has 1 aromatic rings. The maximum Gasteiger partial charge on any atom is 0.163 e. The van der Waals surface area contributed by atoms with Crippen molar-refractivity contribution in [3.63, 3.8) is 0 Å². The van der Waals surface area contributed by atoms with Gasteiger partial charge in [0.05, 0.1) is 0 Å². The highest BCUT2D eigenvalue weighted by molar-refractivity contribution is 7.98. The first-order valence-corrected chi connectivity index (χ1v) is 8.74. The lowest BCUT2D eigenvalue weighted by atomic mass is 10.0. The summed E-state index contributed by atoms with van der Waals surface area (Å²) in [6, 6.07) is 4.72. The fourth-order valence-corrected chi connectivity index (χ4v) is 3.38. The van der Waals surface area contributed by atoms with Crippen molar-refractivity contribution in [2.24, 2.45) is 0 Å². The van der Waals surface area contributed by atoms with Gasteiger partial charge in [-0.3, -0.25) is 0 Å². The molecule has 0 aliphatic rings. The lowest BCUT2D eigenvalue weighted by Gasteiger charge is -2.28. The van der Waals surface area contributed by atoms with E-state index in [0.717, 1.165) is 31.2 Å². The monoisotopic (exact) mass is 316 g/mol. The molecule has 0 aliphatic carbocycles. The van der Waals surface area contributed by atoms with E-state index in [9.17, 15) is 8.78 Å². The number of hydrogen-bond acceptors (Lipinski definition) is 3. The Kier molecular flexibility index (Phi) is 8.22. The third-order valence-corrected chi connectivity index (χ3v) is 4.65. The molecule has 1 rings (SSSR count). The number of nitrogens with one attached hydrogen (secondary N) is 1. The van der Waals surface area contributed by atoms with Gasteiger partial charge in [0.2, 0.25) is 0 Å². The van der Waals surface area contributed by atoms with E-state index < -0.39 is 11.6 Å². The molecule has 5 heteroatoms. The minimum atomic E-state index is -0.782. The summed E-state index contributed by atoms with van der Waals surface area (Å²) in [6.07, 6.45) is 3.95. The lowest BCUT2D eigenvalue weighted by Crippen LogP contribution is -2.35. The number of rotatable bonds is 9. The Morgan fingerprint density at radius 1 is 1.33 bits per heavy atom. The molecule has 1 aromatic carbocycles. The molecule has 0 fully saturated rings. The number of thioether (sulfide) groups is 1. The number of halogens is 2. The van der Waals surface area contributed by atoms with Gasteiger partial charge in [-0.1, -0.05) is 19.1 Å². The molecule has 0 aliphatic heterocycles. The highest BCUT2D eigenvalue weighted by Gasteiger charge is 2.19. The Morgan fingerprint density at radius 2 is 2.05 bits per heavy atom. The molecular weight excluding hydrogens is 290 g/mol. The van der Waals surface area contributed by atoms with Crippen LogP contribution in [0.2, 0.25) is 0 Å². The van der Waals surface area contributed by atoms with Crippen molar-refractivity contribution in [2.75, 3.05) is 32.6 Å². The van der Waals surface area contributed by atoms with Crippen molar-refractivity contribution in [1.29, 1.82) is 0 Å². The number of hydrogen-bond donors (Lipinski definition) is 1. The van der Waals surface area contributed by atoms with Gasteiger partial charge in [-0.2, -0.15) is 11.8 Å². The Morgan fingerprint density at radius 3 is 2.62 bits per heavy atom. The van der Waals surface area contributed by atoms with Crippen LogP contribution in [0.4, 0.5) is 8.78 Å².